The second-order valence-corrected chi connectivity index (χ2v) is 13.4. The van der Waals surface area contributed by atoms with E-state index >= 15 is 8.78 Å². The quantitative estimate of drug-likeness (QED) is 0.178. The van der Waals surface area contributed by atoms with Crippen molar-refractivity contribution in [2.24, 2.45) is 5.92 Å². The summed E-state index contributed by atoms with van der Waals surface area (Å²) >= 11 is 0. The first-order valence-corrected chi connectivity index (χ1v) is 16.2. The Kier molecular flexibility index (Phi) is 7.26. The molecule has 0 radical (unpaired) electrons. The number of rotatable bonds is 2. The summed E-state index contributed by atoms with van der Waals surface area (Å²) < 4.78 is 86.5. The van der Waals surface area contributed by atoms with Gasteiger partial charge in [-0.2, -0.15) is 4.98 Å². The van der Waals surface area contributed by atoms with E-state index < -0.39 is 83.3 Å². The second-order valence-electron chi connectivity index (χ2n) is 10.5. The lowest BCUT2D eigenvalue weighted by molar-refractivity contribution is -0.0551. The van der Waals surface area contributed by atoms with E-state index in [2.05, 4.69) is 29.9 Å². The smallest absolute Gasteiger partial charge is 0.382 e. The van der Waals surface area contributed by atoms with Crippen molar-refractivity contribution >= 4 is 49.7 Å². The van der Waals surface area contributed by atoms with Crippen LogP contribution in [0.5, 0.6) is 0 Å². The molecule has 6 heterocycles. The Bertz CT molecular complexity index is 1940. The molecule has 4 unspecified atom stereocenters. The van der Waals surface area contributed by atoms with Crippen LogP contribution in [-0.4, -0.2) is 92.7 Å². The zero-order chi connectivity index (χ0) is 31.8. The zero-order valence-electron chi connectivity index (χ0n) is 22.6. The van der Waals surface area contributed by atoms with Crippen molar-refractivity contribution in [1.82, 2.24) is 39.0 Å². The lowest BCUT2D eigenvalue weighted by atomic mass is 10.1. The summed E-state index contributed by atoms with van der Waals surface area (Å²) in [4.78, 5) is 55.4. The van der Waals surface area contributed by atoms with Gasteiger partial charge in [0.2, 0.25) is 5.95 Å². The number of anilines is 2. The van der Waals surface area contributed by atoms with Crippen molar-refractivity contribution in [3.05, 3.63) is 29.3 Å². The lowest BCUT2D eigenvalue weighted by Gasteiger charge is -2.28. The predicted octanol–water partition coefficient (Wildman–Crippen LogP) is 0.276. The highest BCUT2D eigenvalue weighted by Crippen LogP contribution is 2.55. The van der Waals surface area contributed by atoms with Crippen molar-refractivity contribution in [1.29, 1.82) is 0 Å². The van der Waals surface area contributed by atoms with Crippen LogP contribution < -0.4 is 17.0 Å². The molecule has 7 rings (SSSR count). The highest BCUT2D eigenvalue weighted by molar-refractivity contribution is 7.47. The third-order valence-corrected chi connectivity index (χ3v) is 9.76. The number of phosphoric ester groups is 2. The van der Waals surface area contributed by atoms with Gasteiger partial charge in [0.1, 0.15) is 36.3 Å². The van der Waals surface area contributed by atoms with Crippen molar-refractivity contribution in [2.75, 3.05) is 24.7 Å². The highest BCUT2D eigenvalue weighted by Gasteiger charge is 2.54. The molecule has 10 atom stereocenters. The third kappa shape index (κ3) is 5.30. The number of imidazole rings is 2. The molecule has 20 nitrogen and oxygen atoms in total. The summed E-state index contributed by atoms with van der Waals surface area (Å²) in [5.74, 6) is -1.37. The molecular weight excluding hydrogens is 652 g/mol. The Balaban J connectivity index is 1.17. The fourth-order valence-corrected chi connectivity index (χ4v) is 7.77. The number of ether oxygens (including phenoxy) is 1. The Labute approximate surface area is 248 Å². The number of nitrogens with one attached hydrogen (secondary N) is 1. The first kappa shape index (κ1) is 30.2. The number of alkyl halides is 2. The molecule has 242 valence electrons. The minimum atomic E-state index is -5.10. The molecule has 1 saturated carbocycles. The van der Waals surface area contributed by atoms with Crippen LogP contribution in [0.15, 0.2) is 23.8 Å². The number of nitrogens with two attached hydrogens (primary N) is 2. The second kappa shape index (κ2) is 10.8. The Morgan fingerprint density at radius 1 is 0.911 bits per heavy atom. The summed E-state index contributed by atoms with van der Waals surface area (Å²) in [6.07, 6.45) is -7.85. The van der Waals surface area contributed by atoms with Crippen LogP contribution in [0.1, 0.15) is 18.7 Å². The van der Waals surface area contributed by atoms with Gasteiger partial charge in [-0.25, -0.2) is 37.8 Å². The topological polar surface area (TPSA) is 280 Å². The molecule has 0 amide bonds. The summed E-state index contributed by atoms with van der Waals surface area (Å²) in [6.45, 7) is -1.63. The van der Waals surface area contributed by atoms with Gasteiger partial charge >= 0.3 is 15.6 Å². The van der Waals surface area contributed by atoms with Crippen molar-refractivity contribution in [3.63, 3.8) is 0 Å². The molecular formula is C21H24F2N10O10P2. The van der Waals surface area contributed by atoms with Gasteiger partial charge in [0, 0.05) is 5.92 Å². The summed E-state index contributed by atoms with van der Waals surface area (Å²) in [7, 11) is -10.2. The van der Waals surface area contributed by atoms with Crippen LogP contribution in [0.4, 0.5) is 20.5 Å². The van der Waals surface area contributed by atoms with Gasteiger partial charge in [-0.1, -0.05) is 0 Å². The van der Waals surface area contributed by atoms with Gasteiger partial charge < -0.3 is 30.6 Å². The predicted molar refractivity (Wildman–Crippen MR) is 144 cm³/mol. The largest absolute Gasteiger partial charge is 0.472 e. The Morgan fingerprint density at radius 2 is 1.60 bits per heavy atom. The Morgan fingerprint density at radius 3 is 2.38 bits per heavy atom. The lowest BCUT2D eigenvalue weighted by Crippen LogP contribution is -2.35. The van der Waals surface area contributed by atoms with E-state index in [1.807, 2.05) is 0 Å². The number of hydrogen-bond acceptors (Lipinski definition) is 15. The summed E-state index contributed by atoms with van der Waals surface area (Å²) in [5.41, 5.74) is 10.7. The van der Waals surface area contributed by atoms with Crippen molar-refractivity contribution in [3.8, 4) is 0 Å². The number of H-pyrrole nitrogens is 1. The minimum absolute atomic E-state index is 0.0429. The number of nitrogens with zero attached hydrogens (tertiary/aromatic N) is 7. The molecule has 4 aromatic heterocycles. The molecule has 0 aromatic carbocycles. The van der Waals surface area contributed by atoms with E-state index in [1.165, 1.54) is 10.9 Å². The van der Waals surface area contributed by atoms with Gasteiger partial charge in [-0.05, 0) is 6.42 Å². The molecule has 2 saturated heterocycles. The van der Waals surface area contributed by atoms with Crippen molar-refractivity contribution < 1.29 is 50.5 Å². The van der Waals surface area contributed by atoms with Crippen LogP contribution in [0.2, 0.25) is 0 Å². The van der Waals surface area contributed by atoms with Crippen LogP contribution in [-0.2, 0) is 32.0 Å². The standard InChI is InChI=1S/C21H24F2N10O10P2/c22-10-8(32-5-28-12-16(24)26-4-27-17(12)32)1-7-2-39-44(35,36)43-15-9(3-40-45(37,38)42-14(7)10)41-20(11(15)23)33-6-29-13-18(33)30-21(25)31-19(13)34/h4-11,14-15,20H,1-3H2,(H,35,36)(H,37,38)(H2,24,26,27)(H3,25,30,31,34)/t7-,8-,9-,10?,11+,14+,15?,20-/m1/s1. The van der Waals surface area contributed by atoms with E-state index in [1.54, 1.807) is 0 Å². The van der Waals surface area contributed by atoms with E-state index in [0.717, 1.165) is 17.2 Å². The molecule has 24 heteroatoms. The average Bonchev–Trinajstić information content (AvgIpc) is 3.72. The fraction of sp³-hybridized carbons (Fsp3) is 0.524. The number of fused-ring (bicyclic) bond motifs is 4. The van der Waals surface area contributed by atoms with Gasteiger partial charge in [-0.15, -0.1) is 0 Å². The van der Waals surface area contributed by atoms with E-state index in [0.29, 0.717) is 0 Å². The van der Waals surface area contributed by atoms with Gasteiger partial charge in [0.25, 0.3) is 5.56 Å². The highest BCUT2D eigenvalue weighted by atomic mass is 31.2. The van der Waals surface area contributed by atoms with Crippen LogP contribution in [0, 0.1) is 5.92 Å². The molecule has 2 aliphatic heterocycles. The Hall–Kier alpha value is -3.46. The van der Waals surface area contributed by atoms with Gasteiger partial charge in [-0.3, -0.25) is 32.4 Å². The zero-order valence-corrected chi connectivity index (χ0v) is 24.4. The van der Waals surface area contributed by atoms with Gasteiger partial charge in [0.05, 0.1) is 31.9 Å². The van der Waals surface area contributed by atoms with E-state index in [-0.39, 0.29) is 40.5 Å². The molecule has 0 bridgehead atoms. The number of hydrogen-bond donors (Lipinski definition) is 5. The minimum Gasteiger partial charge on any atom is -0.382 e. The van der Waals surface area contributed by atoms with Crippen molar-refractivity contribution in [2.45, 2.75) is 49.3 Å². The number of halogens is 2. The number of phosphoric acid groups is 2. The molecule has 7 N–H and O–H groups in total. The summed E-state index contributed by atoms with van der Waals surface area (Å²) in [5, 5.41) is 0. The number of nitrogen functional groups attached to an aromatic ring is 2. The van der Waals surface area contributed by atoms with E-state index in [4.69, 9.17) is 34.3 Å². The molecule has 3 aliphatic rings. The molecule has 0 spiro atoms. The normalized spacial score (nSPS) is 37.7. The van der Waals surface area contributed by atoms with Gasteiger partial charge in [0.15, 0.2) is 35.0 Å². The molecule has 3 fully saturated rings. The summed E-state index contributed by atoms with van der Waals surface area (Å²) in [6, 6.07) is -1.09. The third-order valence-electron chi connectivity index (χ3n) is 7.79. The monoisotopic (exact) mass is 676 g/mol. The number of aromatic nitrogens is 8. The van der Waals surface area contributed by atoms with Crippen LogP contribution in [0.25, 0.3) is 22.3 Å². The average molecular weight is 676 g/mol. The van der Waals surface area contributed by atoms with Crippen LogP contribution >= 0.6 is 15.6 Å². The molecule has 45 heavy (non-hydrogen) atoms. The maximum absolute atomic E-state index is 16.0. The first-order chi connectivity index (χ1) is 21.3. The SMILES string of the molecule is Nc1nc2c(ncn2[C@@H]2O[C@@H]3COP(=O)(O)O[C@@H]4C(F)[C@H](n5cnc6c(N)ncnc65)C[C@@H]4COP(=O)(O)OC3[C@@H]2F)c(=O)[nH]1. The van der Waals surface area contributed by atoms with Crippen LogP contribution in [0.3, 0.4) is 0 Å². The first-order valence-electron chi connectivity index (χ1n) is 13.2. The molecule has 4 aromatic rings. The fourth-order valence-electron chi connectivity index (χ4n) is 5.77. The van der Waals surface area contributed by atoms with E-state index in [9.17, 15) is 23.7 Å². The number of aromatic amines is 1. The molecule has 1 aliphatic carbocycles. The maximum atomic E-state index is 16.0. The maximum Gasteiger partial charge on any atom is 0.472 e.